The maximum Gasteiger partial charge on any atom is 0.161 e. The van der Waals surface area contributed by atoms with Crippen molar-refractivity contribution in [2.24, 2.45) is 0 Å². The Morgan fingerprint density at radius 3 is 2.40 bits per heavy atom. The summed E-state index contributed by atoms with van der Waals surface area (Å²) in [7, 11) is 0. The first-order valence-corrected chi connectivity index (χ1v) is 6.95. The fourth-order valence-electron chi connectivity index (χ4n) is 2.31. The lowest BCUT2D eigenvalue weighted by molar-refractivity contribution is 0.171. The van der Waals surface area contributed by atoms with Crippen LogP contribution >= 0.6 is 0 Å². The Balaban J connectivity index is 1.76. The van der Waals surface area contributed by atoms with E-state index in [0.717, 1.165) is 17.2 Å². The third-order valence-corrected chi connectivity index (χ3v) is 3.50. The van der Waals surface area contributed by atoms with Crippen LogP contribution in [0, 0.1) is 6.92 Å². The van der Waals surface area contributed by atoms with Gasteiger partial charge in [0.2, 0.25) is 0 Å². The molecule has 1 aliphatic heterocycles. The molecule has 0 spiro atoms. The zero-order valence-corrected chi connectivity index (χ0v) is 11.8. The van der Waals surface area contributed by atoms with Crippen LogP contribution in [0.4, 0.5) is 5.69 Å². The molecule has 1 heterocycles. The number of fused-ring (bicyclic) bond motifs is 1. The molecule has 3 rings (SSSR count). The number of rotatable bonds is 3. The second-order valence-corrected chi connectivity index (χ2v) is 5.14. The molecule has 1 unspecified atom stereocenters. The quantitative estimate of drug-likeness (QED) is 0.915. The van der Waals surface area contributed by atoms with Crippen molar-refractivity contribution in [2.75, 3.05) is 18.5 Å². The van der Waals surface area contributed by atoms with Crippen molar-refractivity contribution < 1.29 is 9.47 Å². The normalized spacial score (nSPS) is 14.7. The van der Waals surface area contributed by atoms with Crippen molar-refractivity contribution in [1.82, 2.24) is 0 Å². The predicted molar refractivity (Wildman–Crippen MR) is 80.6 cm³/mol. The number of anilines is 1. The van der Waals surface area contributed by atoms with Gasteiger partial charge in [-0.15, -0.1) is 0 Å². The molecule has 0 saturated heterocycles. The summed E-state index contributed by atoms with van der Waals surface area (Å²) in [6.45, 7) is 5.49. The topological polar surface area (TPSA) is 30.5 Å². The minimum atomic E-state index is 0.216. The first-order chi connectivity index (χ1) is 9.72. The van der Waals surface area contributed by atoms with Gasteiger partial charge in [0.25, 0.3) is 0 Å². The molecule has 104 valence electrons. The van der Waals surface area contributed by atoms with E-state index in [0.29, 0.717) is 13.2 Å². The predicted octanol–water partition coefficient (Wildman–Crippen LogP) is 3.94. The van der Waals surface area contributed by atoms with Crippen molar-refractivity contribution in [1.29, 1.82) is 0 Å². The van der Waals surface area contributed by atoms with Crippen molar-refractivity contribution in [3.05, 3.63) is 53.6 Å². The van der Waals surface area contributed by atoms with Crippen LogP contribution in [-0.4, -0.2) is 13.2 Å². The summed E-state index contributed by atoms with van der Waals surface area (Å²) in [4.78, 5) is 0. The van der Waals surface area contributed by atoms with Crippen LogP contribution in [-0.2, 0) is 0 Å². The summed E-state index contributed by atoms with van der Waals surface area (Å²) in [5.74, 6) is 1.67. The monoisotopic (exact) mass is 269 g/mol. The van der Waals surface area contributed by atoms with E-state index in [4.69, 9.17) is 9.47 Å². The van der Waals surface area contributed by atoms with Gasteiger partial charge in [0.05, 0.1) is 0 Å². The second-order valence-electron chi connectivity index (χ2n) is 5.14. The van der Waals surface area contributed by atoms with Crippen LogP contribution in [0.2, 0.25) is 0 Å². The molecule has 0 bridgehead atoms. The Morgan fingerprint density at radius 1 is 0.950 bits per heavy atom. The minimum Gasteiger partial charge on any atom is -0.486 e. The molecule has 1 atom stereocenters. The molecule has 0 fully saturated rings. The summed E-state index contributed by atoms with van der Waals surface area (Å²) >= 11 is 0. The fourth-order valence-corrected chi connectivity index (χ4v) is 2.31. The fraction of sp³-hybridized carbons (Fsp3) is 0.294. The Morgan fingerprint density at radius 2 is 1.65 bits per heavy atom. The van der Waals surface area contributed by atoms with Crippen LogP contribution in [0.15, 0.2) is 42.5 Å². The first-order valence-electron chi connectivity index (χ1n) is 6.95. The summed E-state index contributed by atoms with van der Waals surface area (Å²) < 4.78 is 11.2. The lowest BCUT2D eigenvalue weighted by Crippen LogP contribution is -2.16. The summed E-state index contributed by atoms with van der Waals surface area (Å²) in [6.07, 6.45) is 0. The molecule has 20 heavy (non-hydrogen) atoms. The van der Waals surface area contributed by atoms with Crippen LogP contribution in [0.1, 0.15) is 24.1 Å². The third-order valence-electron chi connectivity index (χ3n) is 3.50. The molecule has 2 aromatic rings. The minimum absolute atomic E-state index is 0.216. The Hall–Kier alpha value is -2.16. The largest absolute Gasteiger partial charge is 0.486 e. The van der Waals surface area contributed by atoms with E-state index in [1.165, 1.54) is 11.1 Å². The smallest absolute Gasteiger partial charge is 0.161 e. The van der Waals surface area contributed by atoms with E-state index in [-0.39, 0.29) is 6.04 Å². The SMILES string of the molecule is Cc1ccc(NC(C)c2ccc3c(c2)OCCO3)cc1. The van der Waals surface area contributed by atoms with E-state index in [1.807, 2.05) is 6.07 Å². The Labute approximate surface area is 119 Å². The van der Waals surface area contributed by atoms with Gasteiger partial charge in [-0.05, 0) is 43.7 Å². The van der Waals surface area contributed by atoms with Crippen molar-refractivity contribution in [3.63, 3.8) is 0 Å². The highest BCUT2D eigenvalue weighted by Gasteiger charge is 2.14. The van der Waals surface area contributed by atoms with E-state index in [1.54, 1.807) is 0 Å². The van der Waals surface area contributed by atoms with Gasteiger partial charge in [-0.3, -0.25) is 0 Å². The molecular weight excluding hydrogens is 250 g/mol. The number of hydrogen-bond acceptors (Lipinski definition) is 3. The van der Waals surface area contributed by atoms with Gasteiger partial charge in [-0.25, -0.2) is 0 Å². The first kappa shape index (κ1) is 12.9. The van der Waals surface area contributed by atoms with Gasteiger partial charge in [0, 0.05) is 11.7 Å². The van der Waals surface area contributed by atoms with Crippen LogP contribution in [0.25, 0.3) is 0 Å². The average molecular weight is 269 g/mol. The highest BCUT2D eigenvalue weighted by atomic mass is 16.6. The molecule has 0 amide bonds. The Bertz CT molecular complexity index is 592. The van der Waals surface area contributed by atoms with E-state index >= 15 is 0 Å². The number of hydrogen-bond donors (Lipinski definition) is 1. The number of nitrogens with one attached hydrogen (secondary N) is 1. The van der Waals surface area contributed by atoms with Crippen molar-refractivity contribution in [3.8, 4) is 11.5 Å². The summed E-state index contributed by atoms with van der Waals surface area (Å²) in [5, 5.41) is 3.50. The van der Waals surface area contributed by atoms with Crippen LogP contribution in [0.5, 0.6) is 11.5 Å². The zero-order chi connectivity index (χ0) is 13.9. The van der Waals surface area contributed by atoms with Gasteiger partial charge >= 0.3 is 0 Å². The molecule has 3 nitrogen and oxygen atoms in total. The van der Waals surface area contributed by atoms with E-state index < -0.39 is 0 Å². The number of benzene rings is 2. The maximum atomic E-state index is 5.63. The highest BCUT2D eigenvalue weighted by Crippen LogP contribution is 2.33. The standard InChI is InChI=1S/C17H19NO2/c1-12-3-6-15(7-4-12)18-13(2)14-5-8-16-17(11-14)20-10-9-19-16/h3-8,11,13,18H,9-10H2,1-2H3. The molecule has 2 aromatic carbocycles. The lowest BCUT2D eigenvalue weighted by Gasteiger charge is -2.21. The summed E-state index contributed by atoms with van der Waals surface area (Å²) in [5.41, 5.74) is 3.58. The van der Waals surface area contributed by atoms with Crippen molar-refractivity contribution in [2.45, 2.75) is 19.9 Å². The molecular formula is C17H19NO2. The average Bonchev–Trinajstić information content (AvgIpc) is 2.49. The molecule has 0 saturated carbocycles. The van der Waals surface area contributed by atoms with Gasteiger partial charge in [0.1, 0.15) is 13.2 Å². The third kappa shape index (κ3) is 2.72. The molecule has 0 radical (unpaired) electrons. The van der Waals surface area contributed by atoms with Crippen LogP contribution in [0.3, 0.4) is 0 Å². The number of ether oxygens (including phenoxy) is 2. The van der Waals surface area contributed by atoms with Gasteiger partial charge in [-0.1, -0.05) is 23.8 Å². The van der Waals surface area contributed by atoms with Gasteiger partial charge in [0.15, 0.2) is 11.5 Å². The van der Waals surface area contributed by atoms with E-state index in [2.05, 4.69) is 55.6 Å². The number of aryl methyl sites for hydroxylation is 1. The highest BCUT2D eigenvalue weighted by molar-refractivity contribution is 5.49. The van der Waals surface area contributed by atoms with Crippen LogP contribution < -0.4 is 14.8 Å². The molecule has 1 N–H and O–H groups in total. The van der Waals surface area contributed by atoms with Gasteiger partial charge in [-0.2, -0.15) is 0 Å². The molecule has 0 aromatic heterocycles. The molecule has 0 aliphatic carbocycles. The van der Waals surface area contributed by atoms with E-state index in [9.17, 15) is 0 Å². The van der Waals surface area contributed by atoms with Gasteiger partial charge < -0.3 is 14.8 Å². The molecule has 3 heteroatoms. The lowest BCUT2D eigenvalue weighted by atomic mass is 10.1. The summed E-state index contributed by atoms with van der Waals surface area (Å²) in [6, 6.07) is 14.8. The second kappa shape index (κ2) is 5.45. The molecule has 1 aliphatic rings. The van der Waals surface area contributed by atoms with Crippen molar-refractivity contribution >= 4 is 5.69 Å². The Kier molecular flexibility index (Phi) is 3.50. The zero-order valence-electron chi connectivity index (χ0n) is 11.8. The maximum absolute atomic E-state index is 5.63.